The first kappa shape index (κ1) is 13.2. The van der Waals surface area contributed by atoms with Crippen LogP contribution in [0.2, 0.25) is 0 Å². The molecule has 7 nitrogen and oxygen atoms in total. The van der Waals surface area contributed by atoms with Gasteiger partial charge in [0.2, 0.25) is 0 Å². The summed E-state index contributed by atoms with van der Waals surface area (Å²) in [5.74, 6) is 0.0348. The standard InChI is InChI=1S/C14H22N6O/c1-10-7-18-4-2-3-11(18)8-19(10)14(21)13-9-20(17-16-13)12-5-15-6-12/h9-12,15H,2-8H2,1H3. The van der Waals surface area contributed by atoms with E-state index in [0.717, 1.165) is 26.2 Å². The van der Waals surface area contributed by atoms with Crippen LogP contribution in [0.15, 0.2) is 6.20 Å². The van der Waals surface area contributed by atoms with Gasteiger partial charge in [0, 0.05) is 38.3 Å². The molecular formula is C14H22N6O. The van der Waals surface area contributed by atoms with Gasteiger partial charge in [-0.3, -0.25) is 9.69 Å². The maximum Gasteiger partial charge on any atom is 0.276 e. The molecule has 2 unspecified atom stereocenters. The fraction of sp³-hybridized carbons (Fsp3) is 0.786. The van der Waals surface area contributed by atoms with Crippen LogP contribution < -0.4 is 5.32 Å². The van der Waals surface area contributed by atoms with Crippen molar-refractivity contribution in [3.63, 3.8) is 0 Å². The molecule has 0 bridgehead atoms. The average Bonchev–Trinajstić information content (AvgIpc) is 3.03. The number of carbonyl (C=O) groups excluding carboxylic acids is 1. The van der Waals surface area contributed by atoms with Crippen LogP contribution in [0.3, 0.4) is 0 Å². The monoisotopic (exact) mass is 290 g/mol. The lowest BCUT2D eigenvalue weighted by atomic mass is 10.1. The third kappa shape index (κ3) is 2.24. The summed E-state index contributed by atoms with van der Waals surface area (Å²) in [5, 5.41) is 11.4. The van der Waals surface area contributed by atoms with Crippen molar-refractivity contribution in [1.29, 1.82) is 0 Å². The SMILES string of the molecule is CC1CN2CCCC2CN1C(=O)c1cn(C2CNC2)nn1. The number of fused-ring (bicyclic) bond motifs is 1. The Kier molecular flexibility index (Phi) is 3.19. The topological polar surface area (TPSA) is 66.3 Å². The van der Waals surface area contributed by atoms with Crippen LogP contribution in [0.5, 0.6) is 0 Å². The van der Waals surface area contributed by atoms with Crippen LogP contribution in [-0.4, -0.2) is 75.5 Å². The number of nitrogens with zero attached hydrogens (tertiary/aromatic N) is 5. The molecule has 4 heterocycles. The Balaban J connectivity index is 1.49. The Morgan fingerprint density at radius 1 is 1.33 bits per heavy atom. The van der Waals surface area contributed by atoms with Gasteiger partial charge in [-0.1, -0.05) is 5.21 Å². The molecule has 0 aliphatic carbocycles. The molecule has 114 valence electrons. The van der Waals surface area contributed by atoms with E-state index in [-0.39, 0.29) is 11.9 Å². The minimum atomic E-state index is 0.0348. The van der Waals surface area contributed by atoms with Crippen LogP contribution in [0.25, 0.3) is 0 Å². The van der Waals surface area contributed by atoms with Gasteiger partial charge in [0.15, 0.2) is 5.69 Å². The highest BCUT2D eigenvalue weighted by Crippen LogP contribution is 2.25. The number of piperazine rings is 1. The zero-order valence-electron chi connectivity index (χ0n) is 12.4. The fourth-order valence-corrected chi connectivity index (χ4v) is 3.63. The lowest BCUT2D eigenvalue weighted by molar-refractivity contribution is 0.0390. The number of amides is 1. The van der Waals surface area contributed by atoms with Gasteiger partial charge in [-0.2, -0.15) is 0 Å². The highest BCUT2D eigenvalue weighted by molar-refractivity contribution is 5.92. The molecule has 3 aliphatic heterocycles. The summed E-state index contributed by atoms with van der Waals surface area (Å²) < 4.78 is 1.82. The summed E-state index contributed by atoms with van der Waals surface area (Å²) in [7, 11) is 0. The van der Waals surface area contributed by atoms with Gasteiger partial charge < -0.3 is 10.2 Å². The third-order valence-corrected chi connectivity index (χ3v) is 5.06. The minimum absolute atomic E-state index is 0.0348. The quantitative estimate of drug-likeness (QED) is 0.812. The zero-order valence-corrected chi connectivity index (χ0v) is 12.4. The maximum absolute atomic E-state index is 12.7. The molecule has 3 saturated heterocycles. The predicted molar refractivity (Wildman–Crippen MR) is 77.0 cm³/mol. The highest BCUT2D eigenvalue weighted by Gasteiger charge is 2.37. The second-order valence-electron chi connectivity index (χ2n) is 6.49. The van der Waals surface area contributed by atoms with E-state index in [0.29, 0.717) is 17.8 Å². The van der Waals surface area contributed by atoms with Crippen molar-refractivity contribution in [2.75, 3.05) is 32.7 Å². The van der Waals surface area contributed by atoms with E-state index in [1.807, 2.05) is 15.8 Å². The Labute approximate surface area is 124 Å². The van der Waals surface area contributed by atoms with Crippen molar-refractivity contribution in [2.24, 2.45) is 0 Å². The molecule has 1 amide bonds. The van der Waals surface area contributed by atoms with Crippen LogP contribution in [0, 0.1) is 0 Å². The summed E-state index contributed by atoms with van der Waals surface area (Å²) >= 11 is 0. The summed E-state index contributed by atoms with van der Waals surface area (Å²) in [6, 6.07) is 1.14. The van der Waals surface area contributed by atoms with Gasteiger partial charge in [0.05, 0.1) is 12.2 Å². The van der Waals surface area contributed by atoms with Crippen LogP contribution in [0.4, 0.5) is 0 Å². The van der Waals surface area contributed by atoms with E-state index >= 15 is 0 Å². The smallest absolute Gasteiger partial charge is 0.276 e. The summed E-state index contributed by atoms with van der Waals surface area (Å²) in [4.78, 5) is 17.2. The normalized spacial score (nSPS) is 30.2. The van der Waals surface area contributed by atoms with E-state index in [9.17, 15) is 4.79 Å². The molecule has 0 spiro atoms. The van der Waals surface area contributed by atoms with E-state index in [1.165, 1.54) is 19.4 Å². The maximum atomic E-state index is 12.7. The van der Waals surface area contributed by atoms with Crippen molar-refractivity contribution in [3.8, 4) is 0 Å². The van der Waals surface area contributed by atoms with Crippen molar-refractivity contribution < 1.29 is 4.79 Å². The fourth-order valence-electron chi connectivity index (χ4n) is 3.63. The Bertz CT molecular complexity index is 539. The van der Waals surface area contributed by atoms with Gasteiger partial charge in [0.1, 0.15) is 0 Å². The molecule has 3 aliphatic rings. The summed E-state index contributed by atoms with van der Waals surface area (Å²) in [5.41, 5.74) is 0.486. The zero-order chi connectivity index (χ0) is 14.4. The Morgan fingerprint density at radius 3 is 2.95 bits per heavy atom. The van der Waals surface area contributed by atoms with Gasteiger partial charge in [-0.25, -0.2) is 4.68 Å². The third-order valence-electron chi connectivity index (χ3n) is 5.06. The first-order valence-corrected chi connectivity index (χ1v) is 7.90. The average molecular weight is 290 g/mol. The number of rotatable bonds is 2. The molecule has 3 fully saturated rings. The second kappa shape index (κ2) is 5.06. The van der Waals surface area contributed by atoms with E-state index < -0.39 is 0 Å². The van der Waals surface area contributed by atoms with Gasteiger partial charge in [-0.15, -0.1) is 5.10 Å². The first-order chi connectivity index (χ1) is 10.2. The number of aromatic nitrogens is 3. The molecule has 0 radical (unpaired) electrons. The minimum Gasteiger partial charge on any atom is -0.332 e. The molecule has 0 aromatic carbocycles. The van der Waals surface area contributed by atoms with Gasteiger partial charge in [0.25, 0.3) is 5.91 Å². The Hall–Kier alpha value is -1.47. The molecular weight excluding hydrogens is 268 g/mol. The molecule has 1 N–H and O–H groups in total. The predicted octanol–water partition coefficient (Wildman–Crippen LogP) is -0.269. The number of nitrogens with one attached hydrogen (secondary N) is 1. The van der Waals surface area contributed by atoms with Crippen LogP contribution >= 0.6 is 0 Å². The first-order valence-electron chi connectivity index (χ1n) is 7.90. The van der Waals surface area contributed by atoms with Crippen molar-refractivity contribution >= 4 is 5.91 Å². The lowest BCUT2D eigenvalue weighted by Crippen LogP contribution is -2.56. The number of hydrogen-bond donors (Lipinski definition) is 1. The molecule has 21 heavy (non-hydrogen) atoms. The van der Waals surface area contributed by atoms with Crippen molar-refractivity contribution in [3.05, 3.63) is 11.9 Å². The molecule has 1 aromatic heterocycles. The summed E-state index contributed by atoms with van der Waals surface area (Å²) in [6.07, 6.45) is 4.27. The molecule has 7 heteroatoms. The summed E-state index contributed by atoms with van der Waals surface area (Å²) in [6.45, 7) is 6.95. The van der Waals surface area contributed by atoms with Crippen LogP contribution in [0.1, 0.15) is 36.3 Å². The molecule has 2 atom stereocenters. The number of carbonyl (C=O) groups is 1. The second-order valence-corrected chi connectivity index (χ2v) is 6.49. The van der Waals surface area contributed by atoms with E-state index in [2.05, 4.69) is 27.5 Å². The van der Waals surface area contributed by atoms with E-state index in [4.69, 9.17) is 0 Å². The molecule has 4 rings (SSSR count). The van der Waals surface area contributed by atoms with Gasteiger partial charge >= 0.3 is 0 Å². The van der Waals surface area contributed by atoms with Crippen LogP contribution in [-0.2, 0) is 0 Å². The van der Waals surface area contributed by atoms with Gasteiger partial charge in [-0.05, 0) is 26.3 Å². The van der Waals surface area contributed by atoms with Crippen molar-refractivity contribution in [2.45, 2.75) is 37.9 Å². The van der Waals surface area contributed by atoms with Crippen molar-refractivity contribution in [1.82, 2.24) is 30.1 Å². The lowest BCUT2D eigenvalue weighted by Gasteiger charge is -2.41. The largest absolute Gasteiger partial charge is 0.332 e. The molecule has 0 saturated carbocycles. The highest BCUT2D eigenvalue weighted by atomic mass is 16.2. The Morgan fingerprint density at radius 2 is 2.19 bits per heavy atom. The van der Waals surface area contributed by atoms with E-state index in [1.54, 1.807) is 0 Å². The number of hydrogen-bond acceptors (Lipinski definition) is 5. The molecule has 1 aromatic rings.